The van der Waals surface area contributed by atoms with Crippen LogP contribution in [0, 0.1) is 0 Å². The van der Waals surface area contributed by atoms with E-state index in [1.165, 1.54) is 0 Å². The molecule has 1 rings (SSSR count). The molecule has 1 aliphatic heterocycles. The number of nitrogens with zero attached hydrogens (tertiary/aromatic N) is 1. The van der Waals surface area contributed by atoms with Crippen molar-refractivity contribution in [2.45, 2.75) is 39.2 Å². The summed E-state index contributed by atoms with van der Waals surface area (Å²) < 4.78 is 9.36. The monoisotopic (exact) mass is 229 g/mol. The van der Waals surface area contributed by atoms with Gasteiger partial charge in [0.05, 0.1) is 6.10 Å². The average molecular weight is 229 g/mol. The summed E-state index contributed by atoms with van der Waals surface area (Å²) in [5, 5.41) is 0. The zero-order valence-corrected chi connectivity index (χ0v) is 9.39. The molecule has 1 fully saturated rings. The van der Waals surface area contributed by atoms with Crippen molar-refractivity contribution in [2.24, 2.45) is 0 Å². The fraction of sp³-hybridized carbons (Fsp3) is 0.700. The number of ether oxygens (including phenoxy) is 2. The van der Waals surface area contributed by atoms with Gasteiger partial charge in [0.25, 0.3) is 0 Å². The van der Waals surface area contributed by atoms with Gasteiger partial charge in [-0.25, -0.2) is 9.69 Å². The second-order valence-corrected chi connectivity index (χ2v) is 3.76. The van der Waals surface area contributed by atoms with Crippen molar-refractivity contribution in [3.05, 3.63) is 0 Å². The Balaban J connectivity index is 2.38. The van der Waals surface area contributed by atoms with E-state index in [2.05, 4.69) is 4.74 Å². The number of carbonyl (C=O) groups excluding carboxylic acids is 3. The molecule has 0 saturated carbocycles. The maximum absolute atomic E-state index is 11.3. The van der Waals surface area contributed by atoms with Gasteiger partial charge in [0, 0.05) is 12.8 Å². The molecule has 2 amide bonds. The summed E-state index contributed by atoms with van der Waals surface area (Å²) >= 11 is 0. The fourth-order valence-electron chi connectivity index (χ4n) is 1.29. The predicted molar refractivity (Wildman–Crippen MR) is 53.3 cm³/mol. The molecule has 0 aromatic heterocycles. The molecule has 1 aliphatic rings. The highest BCUT2D eigenvalue weighted by Gasteiger charge is 2.27. The van der Waals surface area contributed by atoms with Gasteiger partial charge in [-0.1, -0.05) is 0 Å². The lowest BCUT2D eigenvalue weighted by Gasteiger charge is -2.24. The molecule has 1 heterocycles. The van der Waals surface area contributed by atoms with Crippen LogP contribution in [0.15, 0.2) is 0 Å². The molecule has 0 spiro atoms. The lowest BCUT2D eigenvalue weighted by Crippen LogP contribution is -2.42. The Labute approximate surface area is 93.5 Å². The third kappa shape index (κ3) is 3.52. The van der Waals surface area contributed by atoms with Crippen molar-refractivity contribution in [3.8, 4) is 0 Å². The van der Waals surface area contributed by atoms with Gasteiger partial charge in [-0.05, 0) is 20.3 Å². The smallest absolute Gasteiger partial charge is 0.432 e. The summed E-state index contributed by atoms with van der Waals surface area (Å²) in [6.07, 6.45) is 0.0224. The summed E-state index contributed by atoms with van der Waals surface area (Å²) in [6.45, 7) is 3.00. The fourth-order valence-corrected chi connectivity index (χ4v) is 1.29. The zero-order valence-electron chi connectivity index (χ0n) is 9.39. The molecular weight excluding hydrogens is 214 g/mol. The van der Waals surface area contributed by atoms with Gasteiger partial charge < -0.3 is 9.47 Å². The van der Waals surface area contributed by atoms with Crippen LogP contribution in [-0.2, 0) is 19.1 Å². The van der Waals surface area contributed by atoms with Crippen LogP contribution in [0.3, 0.4) is 0 Å². The van der Waals surface area contributed by atoms with E-state index in [-0.39, 0.29) is 24.6 Å². The summed E-state index contributed by atoms with van der Waals surface area (Å²) in [4.78, 5) is 34.6. The van der Waals surface area contributed by atoms with Gasteiger partial charge in [0.2, 0.25) is 11.8 Å². The zero-order chi connectivity index (χ0) is 12.1. The number of amides is 2. The Hall–Kier alpha value is -1.59. The molecule has 0 N–H and O–H groups in total. The summed E-state index contributed by atoms with van der Waals surface area (Å²) in [7, 11) is 0. The molecule has 0 unspecified atom stereocenters. The first kappa shape index (κ1) is 12.5. The Morgan fingerprint density at radius 3 is 2.38 bits per heavy atom. The second-order valence-electron chi connectivity index (χ2n) is 3.76. The van der Waals surface area contributed by atoms with Crippen molar-refractivity contribution in [1.82, 2.24) is 4.90 Å². The first-order chi connectivity index (χ1) is 7.50. The van der Waals surface area contributed by atoms with E-state index in [1.807, 2.05) is 0 Å². The molecule has 0 atom stereocenters. The van der Waals surface area contributed by atoms with Crippen molar-refractivity contribution in [1.29, 1.82) is 0 Å². The average Bonchev–Trinajstić information content (AvgIpc) is 2.15. The largest absolute Gasteiger partial charge is 0.510 e. The van der Waals surface area contributed by atoms with Gasteiger partial charge in [0.15, 0.2) is 6.73 Å². The van der Waals surface area contributed by atoms with Gasteiger partial charge in [-0.2, -0.15) is 0 Å². The molecule has 0 aliphatic carbocycles. The number of hydrogen-bond acceptors (Lipinski definition) is 5. The Kier molecular flexibility index (Phi) is 4.28. The Bertz CT molecular complexity index is 284. The lowest BCUT2D eigenvalue weighted by molar-refractivity contribution is -0.153. The standard InChI is InChI=1S/C10H15NO5/c1-7(2)16-10(14)15-6-11-8(12)4-3-5-9(11)13/h7H,3-6H2,1-2H3. The number of piperidine rings is 1. The topological polar surface area (TPSA) is 72.9 Å². The minimum absolute atomic E-state index is 0.291. The van der Waals surface area contributed by atoms with E-state index < -0.39 is 6.16 Å². The number of imide groups is 1. The van der Waals surface area contributed by atoms with E-state index in [0.717, 1.165) is 4.90 Å². The van der Waals surface area contributed by atoms with Crippen LogP contribution in [0.4, 0.5) is 4.79 Å². The first-order valence-electron chi connectivity index (χ1n) is 5.17. The quantitative estimate of drug-likeness (QED) is 0.534. The summed E-state index contributed by atoms with van der Waals surface area (Å²) in [5.74, 6) is -0.623. The van der Waals surface area contributed by atoms with Gasteiger partial charge in [-0.3, -0.25) is 9.59 Å². The SMILES string of the molecule is CC(C)OC(=O)OCN1C(=O)CCCC1=O. The van der Waals surface area contributed by atoms with Crippen LogP contribution in [0.2, 0.25) is 0 Å². The highest BCUT2D eigenvalue weighted by molar-refractivity contribution is 5.97. The minimum Gasteiger partial charge on any atom is -0.432 e. The van der Waals surface area contributed by atoms with Crippen LogP contribution < -0.4 is 0 Å². The van der Waals surface area contributed by atoms with E-state index in [9.17, 15) is 14.4 Å². The molecule has 0 aromatic carbocycles. The first-order valence-corrected chi connectivity index (χ1v) is 5.17. The number of likely N-dealkylation sites (tertiary alicyclic amines) is 1. The predicted octanol–water partition coefficient (Wildman–Crippen LogP) is 1.04. The lowest BCUT2D eigenvalue weighted by atomic mass is 10.1. The normalized spacial score (nSPS) is 16.6. The maximum Gasteiger partial charge on any atom is 0.510 e. The number of carbonyl (C=O) groups is 3. The maximum atomic E-state index is 11.3. The van der Waals surface area contributed by atoms with Gasteiger partial charge in [0.1, 0.15) is 0 Å². The number of rotatable bonds is 3. The summed E-state index contributed by atoms with van der Waals surface area (Å²) in [5.41, 5.74) is 0. The third-order valence-electron chi connectivity index (χ3n) is 2.03. The molecule has 0 bridgehead atoms. The molecule has 0 radical (unpaired) electrons. The van der Waals surface area contributed by atoms with E-state index in [4.69, 9.17) is 4.74 Å². The molecule has 16 heavy (non-hydrogen) atoms. The van der Waals surface area contributed by atoms with E-state index >= 15 is 0 Å². The third-order valence-corrected chi connectivity index (χ3v) is 2.03. The van der Waals surface area contributed by atoms with Crippen LogP contribution in [0.25, 0.3) is 0 Å². The molecule has 6 heteroatoms. The van der Waals surface area contributed by atoms with Crippen LogP contribution in [0.1, 0.15) is 33.1 Å². The second kappa shape index (κ2) is 5.48. The minimum atomic E-state index is -0.874. The molecule has 90 valence electrons. The highest BCUT2D eigenvalue weighted by atomic mass is 16.7. The highest BCUT2D eigenvalue weighted by Crippen LogP contribution is 2.12. The van der Waals surface area contributed by atoms with E-state index in [1.54, 1.807) is 13.8 Å². The van der Waals surface area contributed by atoms with Gasteiger partial charge >= 0.3 is 6.16 Å². The summed E-state index contributed by atoms with van der Waals surface area (Å²) in [6, 6.07) is 0. The Morgan fingerprint density at radius 2 is 1.88 bits per heavy atom. The van der Waals surface area contributed by atoms with Gasteiger partial charge in [-0.15, -0.1) is 0 Å². The molecule has 1 saturated heterocycles. The molecular formula is C10H15NO5. The number of hydrogen-bond donors (Lipinski definition) is 0. The molecule has 0 aromatic rings. The van der Waals surface area contributed by atoms with Crippen molar-refractivity contribution < 1.29 is 23.9 Å². The molecule has 6 nitrogen and oxygen atoms in total. The van der Waals surface area contributed by atoms with Crippen molar-refractivity contribution in [2.75, 3.05) is 6.73 Å². The van der Waals surface area contributed by atoms with Crippen LogP contribution >= 0.6 is 0 Å². The van der Waals surface area contributed by atoms with Crippen LogP contribution in [0.5, 0.6) is 0 Å². The van der Waals surface area contributed by atoms with Crippen LogP contribution in [-0.4, -0.2) is 35.7 Å². The van der Waals surface area contributed by atoms with Crippen molar-refractivity contribution >= 4 is 18.0 Å². The Morgan fingerprint density at radius 1 is 1.31 bits per heavy atom. The van der Waals surface area contributed by atoms with Crippen molar-refractivity contribution in [3.63, 3.8) is 0 Å². The van der Waals surface area contributed by atoms with E-state index in [0.29, 0.717) is 19.3 Å².